The molecule has 2 aliphatic rings. The largest absolute Gasteiger partial charge is 0.337 e. The molecule has 1 aromatic carbocycles. The summed E-state index contributed by atoms with van der Waals surface area (Å²) in [5.41, 5.74) is 2.39. The van der Waals surface area contributed by atoms with Crippen LogP contribution in [-0.4, -0.2) is 19.1 Å². The number of nitrogens with one attached hydrogen (secondary N) is 1. The van der Waals surface area contributed by atoms with Gasteiger partial charge in [-0.2, -0.15) is 0 Å². The molecule has 1 N–H and O–H groups in total. The Bertz CT molecular complexity index is 466. The second-order valence-corrected chi connectivity index (χ2v) is 6.07. The fraction of sp³-hybridized carbons (Fsp3) is 0.588. The Morgan fingerprint density at radius 1 is 1.15 bits per heavy atom. The van der Waals surface area contributed by atoms with Crippen molar-refractivity contribution in [1.82, 2.24) is 5.32 Å². The molecule has 1 heterocycles. The molecule has 3 heteroatoms. The Kier molecular flexibility index (Phi) is 4.24. The number of fused-ring (bicyclic) bond motifs is 1. The van der Waals surface area contributed by atoms with Gasteiger partial charge in [-0.15, -0.1) is 0 Å². The Balaban J connectivity index is 1.60. The van der Waals surface area contributed by atoms with Crippen molar-refractivity contribution in [3.05, 3.63) is 29.8 Å². The number of benzene rings is 1. The van der Waals surface area contributed by atoms with Crippen LogP contribution in [0.3, 0.4) is 0 Å². The number of aryl methyl sites for hydroxylation is 1. The molecule has 1 saturated carbocycles. The summed E-state index contributed by atoms with van der Waals surface area (Å²) in [7, 11) is 0. The van der Waals surface area contributed by atoms with Gasteiger partial charge in [-0.3, -0.25) is 4.90 Å². The molecule has 0 unspecified atom stereocenters. The van der Waals surface area contributed by atoms with E-state index in [0.717, 1.165) is 31.6 Å². The first-order valence-corrected chi connectivity index (χ1v) is 7.98. The van der Waals surface area contributed by atoms with Crippen LogP contribution < -0.4 is 10.2 Å². The van der Waals surface area contributed by atoms with Crippen molar-refractivity contribution in [2.75, 3.05) is 18.0 Å². The molecular weight excluding hydrogens is 248 g/mol. The van der Waals surface area contributed by atoms with Crippen molar-refractivity contribution in [1.29, 1.82) is 0 Å². The molecule has 0 spiro atoms. The van der Waals surface area contributed by atoms with Gasteiger partial charge in [0.2, 0.25) is 0 Å². The van der Waals surface area contributed by atoms with Gasteiger partial charge < -0.3 is 5.32 Å². The van der Waals surface area contributed by atoms with Gasteiger partial charge in [-0.05, 0) is 43.2 Å². The average molecular weight is 272 g/mol. The van der Waals surface area contributed by atoms with Crippen molar-refractivity contribution in [2.24, 2.45) is 5.92 Å². The van der Waals surface area contributed by atoms with E-state index in [-0.39, 0.29) is 6.03 Å². The second-order valence-electron chi connectivity index (χ2n) is 6.07. The van der Waals surface area contributed by atoms with E-state index in [1.165, 1.54) is 37.7 Å². The predicted molar refractivity (Wildman–Crippen MR) is 82.1 cm³/mol. The maximum atomic E-state index is 12.4. The molecule has 0 aromatic heterocycles. The molecule has 1 fully saturated rings. The molecule has 0 radical (unpaired) electrons. The fourth-order valence-electron chi connectivity index (χ4n) is 3.46. The highest BCUT2D eigenvalue weighted by atomic mass is 16.2. The molecule has 2 amide bonds. The summed E-state index contributed by atoms with van der Waals surface area (Å²) in [4.78, 5) is 14.3. The first-order valence-electron chi connectivity index (χ1n) is 7.98. The maximum Gasteiger partial charge on any atom is 0.321 e. The molecule has 1 aromatic rings. The topological polar surface area (TPSA) is 32.3 Å². The number of anilines is 1. The van der Waals surface area contributed by atoms with Crippen molar-refractivity contribution < 1.29 is 4.79 Å². The van der Waals surface area contributed by atoms with E-state index in [0.29, 0.717) is 5.92 Å². The molecule has 0 bridgehead atoms. The minimum Gasteiger partial charge on any atom is -0.337 e. The van der Waals surface area contributed by atoms with Crippen molar-refractivity contribution in [3.63, 3.8) is 0 Å². The molecule has 1 aliphatic carbocycles. The van der Waals surface area contributed by atoms with E-state index in [2.05, 4.69) is 23.5 Å². The molecule has 3 rings (SSSR count). The number of nitrogens with zero attached hydrogens (tertiary/aromatic N) is 1. The molecule has 0 saturated heterocycles. The first kappa shape index (κ1) is 13.5. The lowest BCUT2D eigenvalue weighted by Gasteiger charge is -2.30. The third-order valence-electron chi connectivity index (χ3n) is 4.62. The summed E-state index contributed by atoms with van der Waals surface area (Å²) in [6.45, 7) is 1.69. The quantitative estimate of drug-likeness (QED) is 0.874. The fourth-order valence-corrected chi connectivity index (χ4v) is 3.46. The lowest BCUT2D eigenvalue weighted by molar-refractivity contribution is 0.241. The number of rotatable bonds is 2. The summed E-state index contributed by atoms with van der Waals surface area (Å²) in [6.07, 6.45) is 8.72. The molecule has 108 valence electrons. The third kappa shape index (κ3) is 2.97. The second kappa shape index (κ2) is 6.29. The van der Waals surface area contributed by atoms with E-state index >= 15 is 0 Å². The highest BCUT2D eigenvalue weighted by Crippen LogP contribution is 2.27. The molecular formula is C17H24N2O. The van der Waals surface area contributed by atoms with Gasteiger partial charge in [-0.25, -0.2) is 4.79 Å². The number of amides is 2. The Morgan fingerprint density at radius 2 is 1.95 bits per heavy atom. The van der Waals surface area contributed by atoms with E-state index < -0.39 is 0 Å². The van der Waals surface area contributed by atoms with Crippen LogP contribution in [0.15, 0.2) is 24.3 Å². The van der Waals surface area contributed by atoms with Gasteiger partial charge >= 0.3 is 6.03 Å². The van der Waals surface area contributed by atoms with Gasteiger partial charge in [0.15, 0.2) is 0 Å². The smallest absolute Gasteiger partial charge is 0.321 e. The molecule has 20 heavy (non-hydrogen) atoms. The number of urea groups is 1. The number of hydrogen-bond donors (Lipinski definition) is 1. The Morgan fingerprint density at radius 3 is 2.80 bits per heavy atom. The van der Waals surface area contributed by atoms with Crippen LogP contribution in [0.2, 0.25) is 0 Å². The summed E-state index contributed by atoms with van der Waals surface area (Å²) in [6, 6.07) is 8.36. The Labute approximate surface area is 121 Å². The summed E-state index contributed by atoms with van der Waals surface area (Å²) in [5, 5.41) is 3.15. The standard InChI is InChI=1S/C17H24N2O/c20-17(18-13-14-7-2-1-3-8-14)19-12-6-10-15-9-4-5-11-16(15)19/h4-5,9,11,14H,1-3,6-8,10,12-13H2,(H,18,20). The minimum atomic E-state index is 0.0859. The Hall–Kier alpha value is -1.51. The van der Waals surface area contributed by atoms with Crippen molar-refractivity contribution >= 4 is 11.7 Å². The average Bonchev–Trinajstić information content (AvgIpc) is 2.53. The monoisotopic (exact) mass is 272 g/mol. The zero-order chi connectivity index (χ0) is 13.8. The summed E-state index contributed by atoms with van der Waals surface area (Å²) >= 11 is 0. The maximum absolute atomic E-state index is 12.4. The van der Waals surface area contributed by atoms with Gasteiger partial charge in [-0.1, -0.05) is 37.5 Å². The van der Waals surface area contributed by atoms with E-state index in [4.69, 9.17) is 0 Å². The van der Waals surface area contributed by atoms with E-state index in [1.807, 2.05) is 11.0 Å². The molecule has 1 aliphatic heterocycles. The summed E-state index contributed by atoms with van der Waals surface area (Å²) < 4.78 is 0. The highest BCUT2D eigenvalue weighted by Gasteiger charge is 2.22. The molecule has 0 atom stereocenters. The van der Waals surface area contributed by atoms with Crippen LogP contribution in [0.5, 0.6) is 0 Å². The number of para-hydroxylation sites is 1. The highest BCUT2D eigenvalue weighted by molar-refractivity contribution is 5.93. The molecule has 3 nitrogen and oxygen atoms in total. The first-order chi connectivity index (χ1) is 9.84. The van der Waals surface area contributed by atoms with E-state index in [1.54, 1.807) is 0 Å². The number of carbonyl (C=O) groups is 1. The number of hydrogen-bond acceptors (Lipinski definition) is 1. The van der Waals surface area contributed by atoms with Crippen LogP contribution in [0.4, 0.5) is 10.5 Å². The van der Waals surface area contributed by atoms with Crippen LogP contribution in [0.1, 0.15) is 44.1 Å². The number of carbonyl (C=O) groups excluding carboxylic acids is 1. The minimum absolute atomic E-state index is 0.0859. The lowest BCUT2D eigenvalue weighted by Crippen LogP contribution is -2.44. The van der Waals surface area contributed by atoms with Crippen molar-refractivity contribution in [3.8, 4) is 0 Å². The zero-order valence-electron chi connectivity index (χ0n) is 12.1. The summed E-state index contributed by atoms with van der Waals surface area (Å²) in [5.74, 6) is 0.688. The van der Waals surface area contributed by atoms with Gasteiger partial charge in [0.25, 0.3) is 0 Å². The van der Waals surface area contributed by atoms with Crippen molar-refractivity contribution in [2.45, 2.75) is 44.9 Å². The van der Waals surface area contributed by atoms with E-state index in [9.17, 15) is 4.79 Å². The third-order valence-corrected chi connectivity index (χ3v) is 4.62. The van der Waals surface area contributed by atoms with Crippen LogP contribution in [0, 0.1) is 5.92 Å². The lowest BCUT2D eigenvalue weighted by atomic mass is 9.89. The van der Waals surface area contributed by atoms with Crippen LogP contribution >= 0.6 is 0 Å². The van der Waals surface area contributed by atoms with Gasteiger partial charge in [0.1, 0.15) is 0 Å². The van der Waals surface area contributed by atoms with Crippen LogP contribution in [-0.2, 0) is 6.42 Å². The normalized spacial score (nSPS) is 19.5. The SMILES string of the molecule is O=C(NCC1CCCCC1)N1CCCc2ccccc21. The van der Waals surface area contributed by atoms with Crippen LogP contribution in [0.25, 0.3) is 0 Å². The van der Waals surface area contributed by atoms with Gasteiger partial charge in [0, 0.05) is 18.8 Å². The van der Waals surface area contributed by atoms with Gasteiger partial charge in [0.05, 0.1) is 0 Å². The zero-order valence-corrected chi connectivity index (χ0v) is 12.1. The predicted octanol–water partition coefficient (Wildman–Crippen LogP) is 3.73.